The Morgan fingerprint density at radius 1 is 1.00 bits per heavy atom. The predicted molar refractivity (Wildman–Crippen MR) is 83.7 cm³/mol. The molecule has 0 N–H and O–H groups in total. The Balaban J connectivity index is 1.52. The zero-order valence-corrected chi connectivity index (χ0v) is 13.9. The number of carbonyl (C=O) groups excluding carboxylic acids is 1. The van der Waals surface area contributed by atoms with Gasteiger partial charge in [-0.15, -0.1) is 0 Å². The maximum absolute atomic E-state index is 13.2. The highest BCUT2D eigenvalue weighted by molar-refractivity contribution is 9.09. The van der Waals surface area contributed by atoms with Crippen molar-refractivity contribution in [3.05, 3.63) is 0 Å². The third kappa shape index (κ3) is 2.15. The standard InChI is InChI=1S/C17H26BrNO/c18-4-5-19(15-2-1-3-15)17(20)16-13-7-11-6-12(9-13)10-14(16)8-11/h11-16H,1-10H2. The molecule has 0 aromatic heterocycles. The Hall–Kier alpha value is -0.0500. The van der Waals surface area contributed by atoms with Crippen LogP contribution in [0.25, 0.3) is 0 Å². The molecular formula is C17H26BrNO. The Bertz CT molecular complexity index is 364. The zero-order valence-electron chi connectivity index (χ0n) is 12.3. The van der Waals surface area contributed by atoms with Crippen molar-refractivity contribution in [1.82, 2.24) is 4.90 Å². The van der Waals surface area contributed by atoms with E-state index in [0.29, 0.717) is 17.9 Å². The van der Waals surface area contributed by atoms with E-state index in [9.17, 15) is 4.79 Å². The van der Waals surface area contributed by atoms with Crippen molar-refractivity contribution in [2.24, 2.45) is 29.6 Å². The van der Waals surface area contributed by atoms with E-state index in [1.54, 1.807) is 0 Å². The van der Waals surface area contributed by atoms with Gasteiger partial charge >= 0.3 is 0 Å². The molecule has 1 amide bonds. The molecule has 5 aliphatic rings. The topological polar surface area (TPSA) is 20.3 Å². The van der Waals surface area contributed by atoms with Gasteiger partial charge in [-0.3, -0.25) is 4.79 Å². The fraction of sp³-hybridized carbons (Fsp3) is 0.941. The molecule has 0 spiro atoms. The molecule has 5 saturated carbocycles. The van der Waals surface area contributed by atoms with Gasteiger partial charge in [0.15, 0.2) is 0 Å². The smallest absolute Gasteiger partial charge is 0.226 e. The van der Waals surface area contributed by atoms with Gasteiger partial charge in [-0.1, -0.05) is 15.9 Å². The average Bonchev–Trinajstić information content (AvgIpc) is 2.34. The van der Waals surface area contributed by atoms with Crippen LogP contribution < -0.4 is 0 Å². The number of carbonyl (C=O) groups is 1. The predicted octanol–water partition coefficient (Wildman–Crippen LogP) is 3.83. The highest BCUT2D eigenvalue weighted by atomic mass is 79.9. The molecule has 0 aromatic rings. The lowest BCUT2D eigenvalue weighted by atomic mass is 9.51. The van der Waals surface area contributed by atoms with Crippen LogP contribution in [0.3, 0.4) is 0 Å². The normalized spacial score (nSPS) is 42.5. The Kier molecular flexibility index (Phi) is 3.60. The molecule has 0 heterocycles. The number of nitrogens with zero attached hydrogens (tertiary/aromatic N) is 1. The van der Waals surface area contributed by atoms with Crippen LogP contribution in [0.15, 0.2) is 0 Å². The molecule has 0 saturated heterocycles. The van der Waals surface area contributed by atoms with E-state index in [0.717, 1.165) is 35.5 Å². The third-order valence-corrected chi connectivity index (χ3v) is 6.99. The monoisotopic (exact) mass is 339 g/mol. The maximum atomic E-state index is 13.2. The van der Waals surface area contributed by atoms with Crippen molar-refractivity contribution in [2.45, 2.75) is 57.4 Å². The summed E-state index contributed by atoms with van der Waals surface area (Å²) in [5.41, 5.74) is 0. The molecule has 0 radical (unpaired) electrons. The fourth-order valence-electron chi connectivity index (χ4n) is 5.78. The number of hydrogen-bond donors (Lipinski definition) is 0. The summed E-state index contributed by atoms with van der Waals surface area (Å²) in [7, 11) is 0. The average molecular weight is 340 g/mol. The number of rotatable bonds is 4. The van der Waals surface area contributed by atoms with Crippen LogP contribution in [0.1, 0.15) is 51.4 Å². The number of halogens is 1. The molecule has 5 rings (SSSR count). The van der Waals surface area contributed by atoms with E-state index in [1.807, 2.05) is 0 Å². The fourth-order valence-corrected chi connectivity index (χ4v) is 6.16. The van der Waals surface area contributed by atoms with Crippen LogP contribution >= 0.6 is 15.9 Å². The van der Waals surface area contributed by atoms with Gasteiger partial charge in [0, 0.05) is 23.8 Å². The van der Waals surface area contributed by atoms with Crippen molar-refractivity contribution < 1.29 is 4.79 Å². The maximum Gasteiger partial charge on any atom is 0.226 e. The van der Waals surface area contributed by atoms with Crippen molar-refractivity contribution in [2.75, 3.05) is 11.9 Å². The molecule has 3 heteroatoms. The summed E-state index contributed by atoms with van der Waals surface area (Å²) in [6.07, 6.45) is 10.7. The Morgan fingerprint density at radius 2 is 1.60 bits per heavy atom. The summed E-state index contributed by atoms with van der Waals surface area (Å²) in [4.78, 5) is 15.4. The van der Waals surface area contributed by atoms with Gasteiger partial charge in [0.1, 0.15) is 0 Å². The van der Waals surface area contributed by atoms with Crippen molar-refractivity contribution >= 4 is 21.8 Å². The molecule has 4 bridgehead atoms. The van der Waals surface area contributed by atoms with Crippen molar-refractivity contribution in [1.29, 1.82) is 0 Å². The van der Waals surface area contributed by atoms with Crippen LogP contribution in [0.2, 0.25) is 0 Å². The molecule has 112 valence electrons. The minimum Gasteiger partial charge on any atom is -0.339 e. The minimum atomic E-state index is 0.391. The number of hydrogen-bond acceptors (Lipinski definition) is 1. The first-order valence-electron chi connectivity index (χ1n) is 8.62. The van der Waals surface area contributed by atoms with Gasteiger partial charge < -0.3 is 4.90 Å². The molecule has 0 aliphatic heterocycles. The van der Waals surface area contributed by atoms with Crippen LogP contribution in [-0.2, 0) is 4.79 Å². The second kappa shape index (κ2) is 5.30. The molecule has 5 aliphatic carbocycles. The van der Waals surface area contributed by atoms with Crippen LogP contribution in [0.5, 0.6) is 0 Å². The van der Waals surface area contributed by atoms with Gasteiger partial charge in [0.2, 0.25) is 5.91 Å². The summed E-state index contributed by atoms with van der Waals surface area (Å²) in [5.74, 6) is 4.32. The second-order valence-electron chi connectivity index (χ2n) is 7.76. The van der Waals surface area contributed by atoms with Crippen LogP contribution in [-0.4, -0.2) is 28.7 Å². The first kappa shape index (κ1) is 13.6. The van der Waals surface area contributed by atoms with E-state index in [2.05, 4.69) is 20.8 Å². The van der Waals surface area contributed by atoms with Crippen molar-refractivity contribution in [3.8, 4) is 0 Å². The lowest BCUT2D eigenvalue weighted by Crippen LogP contribution is -2.55. The van der Waals surface area contributed by atoms with Gasteiger partial charge in [-0.25, -0.2) is 0 Å². The number of amides is 1. The first-order chi connectivity index (χ1) is 9.76. The largest absolute Gasteiger partial charge is 0.339 e. The van der Waals surface area contributed by atoms with Gasteiger partial charge in [-0.05, 0) is 75.0 Å². The van der Waals surface area contributed by atoms with Gasteiger partial charge in [-0.2, -0.15) is 0 Å². The highest BCUT2D eigenvalue weighted by Gasteiger charge is 2.52. The van der Waals surface area contributed by atoms with Crippen LogP contribution in [0, 0.1) is 29.6 Å². The molecule has 2 nitrogen and oxygen atoms in total. The van der Waals surface area contributed by atoms with E-state index in [-0.39, 0.29) is 0 Å². The third-order valence-electron chi connectivity index (χ3n) is 6.64. The van der Waals surface area contributed by atoms with Gasteiger partial charge in [0.05, 0.1) is 0 Å². The summed E-state index contributed by atoms with van der Waals surface area (Å²) >= 11 is 3.55. The Labute approximate surface area is 130 Å². The van der Waals surface area contributed by atoms with Crippen molar-refractivity contribution in [3.63, 3.8) is 0 Å². The first-order valence-corrected chi connectivity index (χ1v) is 9.75. The lowest BCUT2D eigenvalue weighted by molar-refractivity contribution is -0.152. The second-order valence-corrected chi connectivity index (χ2v) is 8.55. The summed E-state index contributed by atoms with van der Waals surface area (Å²) in [6, 6.07) is 0.567. The molecular weight excluding hydrogens is 314 g/mol. The summed E-state index contributed by atoms with van der Waals surface area (Å²) in [5, 5.41) is 0.933. The summed E-state index contributed by atoms with van der Waals surface area (Å²) < 4.78 is 0. The Morgan fingerprint density at radius 3 is 2.05 bits per heavy atom. The van der Waals surface area contributed by atoms with E-state index in [1.165, 1.54) is 51.4 Å². The molecule has 20 heavy (non-hydrogen) atoms. The molecule has 0 unspecified atom stereocenters. The SMILES string of the molecule is O=C(C1C2CC3CC(C2)CC1C3)N(CCBr)C1CCC1. The van der Waals surface area contributed by atoms with E-state index >= 15 is 0 Å². The zero-order chi connectivity index (χ0) is 13.7. The molecule has 0 atom stereocenters. The lowest BCUT2D eigenvalue weighted by Gasteiger charge is -2.55. The molecule has 5 fully saturated rings. The van der Waals surface area contributed by atoms with E-state index in [4.69, 9.17) is 0 Å². The number of alkyl halides is 1. The highest BCUT2D eigenvalue weighted by Crippen LogP contribution is 2.57. The molecule has 0 aromatic carbocycles. The van der Waals surface area contributed by atoms with Crippen LogP contribution in [0.4, 0.5) is 0 Å². The quantitative estimate of drug-likeness (QED) is 0.712. The minimum absolute atomic E-state index is 0.391. The summed E-state index contributed by atoms with van der Waals surface area (Å²) in [6.45, 7) is 0.923. The van der Waals surface area contributed by atoms with E-state index < -0.39 is 0 Å². The van der Waals surface area contributed by atoms with Gasteiger partial charge in [0.25, 0.3) is 0 Å².